The molecule has 5 nitrogen and oxygen atoms in total. The summed E-state index contributed by atoms with van der Waals surface area (Å²) in [6.45, 7) is 5.62. The van der Waals surface area contributed by atoms with Crippen molar-refractivity contribution in [2.24, 2.45) is 7.05 Å². The fraction of sp³-hybridized carbons (Fsp3) is 0.357. The van der Waals surface area contributed by atoms with Crippen LogP contribution in [0.5, 0.6) is 0 Å². The van der Waals surface area contributed by atoms with Crippen LogP contribution in [0.1, 0.15) is 18.3 Å². The van der Waals surface area contributed by atoms with Gasteiger partial charge in [-0.15, -0.1) is 0 Å². The number of hydrogen-bond donors (Lipinski definition) is 1. The number of aryl methyl sites for hydroxylation is 2. The summed E-state index contributed by atoms with van der Waals surface area (Å²) < 4.78 is 1.75. The van der Waals surface area contributed by atoms with Gasteiger partial charge < -0.3 is 5.32 Å². The molecule has 1 amide bonds. The predicted molar refractivity (Wildman–Crippen MR) is 85.9 cm³/mol. The molecule has 0 saturated heterocycles. The smallest absolute Gasteiger partial charge is 0.237 e. The van der Waals surface area contributed by atoms with Crippen molar-refractivity contribution in [1.29, 1.82) is 0 Å². The third kappa shape index (κ3) is 3.57. The summed E-state index contributed by atoms with van der Waals surface area (Å²) in [5.41, 5.74) is 2.49. The molecule has 0 saturated carbocycles. The summed E-state index contributed by atoms with van der Waals surface area (Å²) in [5, 5.41) is 8.10. The maximum Gasteiger partial charge on any atom is 0.237 e. The Morgan fingerprint density at radius 3 is 2.76 bits per heavy atom. The first kappa shape index (κ1) is 15.9. The van der Waals surface area contributed by atoms with Gasteiger partial charge in [0.1, 0.15) is 5.03 Å². The van der Waals surface area contributed by atoms with Gasteiger partial charge in [0, 0.05) is 13.2 Å². The second kappa shape index (κ2) is 6.49. The van der Waals surface area contributed by atoms with E-state index >= 15 is 0 Å². The van der Waals surface area contributed by atoms with E-state index in [-0.39, 0.29) is 11.2 Å². The second-order valence-corrected chi connectivity index (χ2v) is 6.45. The molecular formula is C14H17ClN4OS. The first-order valence-corrected chi connectivity index (χ1v) is 7.74. The molecule has 2 aromatic rings. The molecular weight excluding hydrogens is 308 g/mol. The van der Waals surface area contributed by atoms with Gasteiger partial charge in [-0.2, -0.15) is 5.10 Å². The van der Waals surface area contributed by atoms with Crippen LogP contribution in [0.25, 0.3) is 0 Å². The molecule has 21 heavy (non-hydrogen) atoms. The van der Waals surface area contributed by atoms with Crippen LogP contribution in [-0.2, 0) is 11.8 Å². The van der Waals surface area contributed by atoms with Gasteiger partial charge >= 0.3 is 0 Å². The number of thioether (sulfide) groups is 1. The van der Waals surface area contributed by atoms with E-state index in [2.05, 4.69) is 15.4 Å². The Morgan fingerprint density at radius 1 is 1.48 bits per heavy atom. The Balaban J connectivity index is 2.08. The number of halogens is 1. The van der Waals surface area contributed by atoms with E-state index in [0.29, 0.717) is 10.0 Å². The summed E-state index contributed by atoms with van der Waals surface area (Å²) >= 11 is 7.39. The highest BCUT2D eigenvalue weighted by molar-refractivity contribution is 8.00. The summed E-state index contributed by atoms with van der Waals surface area (Å²) in [4.78, 5) is 16.5. The highest BCUT2D eigenvalue weighted by atomic mass is 35.5. The van der Waals surface area contributed by atoms with Crippen molar-refractivity contribution in [3.63, 3.8) is 0 Å². The molecule has 0 aliphatic heterocycles. The topological polar surface area (TPSA) is 59.8 Å². The van der Waals surface area contributed by atoms with E-state index in [1.807, 2.05) is 27.8 Å². The van der Waals surface area contributed by atoms with Gasteiger partial charge in [0.2, 0.25) is 5.91 Å². The van der Waals surface area contributed by atoms with Crippen LogP contribution in [0.2, 0.25) is 5.02 Å². The number of amides is 1. The second-order valence-electron chi connectivity index (χ2n) is 4.71. The molecule has 0 aliphatic carbocycles. The van der Waals surface area contributed by atoms with Gasteiger partial charge in [-0.1, -0.05) is 23.4 Å². The molecule has 1 N–H and O–H groups in total. The number of rotatable bonds is 4. The molecule has 0 spiro atoms. The van der Waals surface area contributed by atoms with Crippen LogP contribution in [0, 0.1) is 13.8 Å². The standard InChI is InChI=1S/C14H17ClN4OS/c1-8-12(9(2)19(4)18-8)17-13(20)10(3)21-14-11(15)6-5-7-16-14/h5-7,10H,1-4H3,(H,17,20). The average Bonchev–Trinajstić information content (AvgIpc) is 2.67. The average molecular weight is 325 g/mol. The Bertz CT molecular complexity index is 671. The van der Waals surface area contributed by atoms with Crippen molar-refractivity contribution in [2.45, 2.75) is 31.0 Å². The lowest BCUT2D eigenvalue weighted by Crippen LogP contribution is -2.23. The van der Waals surface area contributed by atoms with Gasteiger partial charge in [0.15, 0.2) is 0 Å². The van der Waals surface area contributed by atoms with E-state index in [0.717, 1.165) is 17.1 Å². The Labute approximate surface area is 133 Å². The van der Waals surface area contributed by atoms with Gasteiger partial charge in [-0.25, -0.2) is 4.98 Å². The van der Waals surface area contributed by atoms with Crippen molar-refractivity contribution in [3.05, 3.63) is 34.7 Å². The van der Waals surface area contributed by atoms with Gasteiger partial charge in [0.05, 0.1) is 27.3 Å². The lowest BCUT2D eigenvalue weighted by Gasteiger charge is -2.12. The molecule has 2 aromatic heterocycles. The van der Waals surface area contributed by atoms with Gasteiger partial charge in [0.25, 0.3) is 0 Å². The first-order chi connectivity index (χ1) is 9.90. The van der Waals surface area contributed by atoms with Crippen LogP contribution in [0.15, 0.2) is 23.4 Å². The molecule has 0 bridgehead atoms. The zero-order valence-corrected chi connectivity index (χ0v) is 13.9. The van der Waals surface area contributed by atoms with Crippen LogP contribution >= 0.6 is 23.4 Å². The van der Waals surface area contributed by atoms with Crippen LogP contribution in [-0.4, -0.2) is 25.9 Å². The number of carbonyl (C=O) groups is 1. The molecule has 1 atom stereocenters. The number of hydrogen-bond acceptors (Lipinski definition) is 4. The van der Waals surface area contributed by atoms with Gasteiger partial charge in [-0.3, -0.25) is 9.48 Å². The maximum atomic E-state index is 12.3. The van der Waals surface area contributed by atoms with E-state index in [9.17, 15) is 4.79 Å². The Kier molecular flexibility index (Phi) is 4.90. The number of nitrogens with one attached hydrogen (secondary N) is 1. The zero-order chi connectivity index (χ0) is 15.6. The molecule has 112 valence electrons. The number of pyridine rings is 1. The SMILES string of the molecule is Cc1nn(C)c(C)c1NC(=O)C(C)Sc1ncccc1Cl. The maximum absolute atomic E-state index is 12.3. The molecule has 0 aliphatic rings. The molecule has 7 heteroatoms. The van der Waals surface area contributed by atoms with E-state index < -0.39 is 0 Å². The third-order valence-corrected chi connectivity index (χ3v) is 4.67. The van der Waals surface area contributed by atoms with Crippen molar-refractivity contribution < 1.29 is 4.79 Å². The monoisotopic (exact) mass is 324 g/mol. The minimum absolute atomic E-state index is 0.0964. The summed E-state index contributed by atoms with van der Waals surface area (Å²) in [6.07, 6.45) is 1.66. The molecule has 1 unspecified atom stereocenters. The van der Waals surface area contributed by atoms with Crippen LogP contribution < -0.4 is 5.32 Å². The van der Waals surface area contributed by atoms with Crippen LogP contribution in [0.3, 0.4) is 0 Å². The molecule has 0 radical (unpaired) electrons. The van der Waals surface area contributed by atoms with Crippen molar-refractivity contribution in [2.75, 3.05) is 5.32 Å². The van der Waals surface area contributed by atoms with Crippen molar-refractivity contribution in [3.8, 4) is 0 Å². The molecule has 0 aromatic carbocycles. The minimum Gasteiger partial charge on any atom is -0.322 e. The molecule has 2 rings (SSSR count). The largest absolute Gasteiger partial charge is 0.322 e. The fourth-order valence-electron chi connectivity index (χ4n) is 1.86. The normalized spacial score (nSPS) is 12.2. The third-order valence-electron chi connectivity index (χ3n) is 3.14. The summed E-state index contributed by atoms with van der Waals surface area (Å²) in [6, 6.07) is 3.52. The molecule has 2 heterocycles. The number of carbonyl (C=O) groups excluding carboxylic acids is 1. The lowest BCUT2D eigenvalue weighted by molar-refractivity contribution is -0.115. The van der Waals surface area contributed by atoms with E-state index in [4.69, 9.17) is 11.6 Å². The first-order valence-electron chi connectivity index (χ1n) is 6.48. The highest BCUT2D eigenvalue weighted by Crippen LogP contribution is 2.29. The van der Waals surface area contributed by atoms with Gasteiger partial charge in [-0.05, 0) is 32.9 Å². The summed E-state index contributed by atoms with van der Waals surface area (Å²) in [7, 11) is 1.85. The van der Waals surface area contributed by atoms with Crippen molar-refractivity contribution >= 4 is 35.0 Å². The fourth-order valence-corrected chi connectivity index (χ4v) is 2.92. The molecule has 0 fully saturated rings. The zero-order valence-electron chi connectivity index (χ0n) is 12.3. The van der Waals surface area contributed by atoms with E-state index in [1.54, 1.807) is 23.0 Å². The van der Waals surface area contributed by atoms with Crippen LogP contribution in [0.4, 0.5) is 5.69 Å². The minimum atomic E-state index is -0.309. The number of anilines is 1. The Hall–Kier alpha value is -1.53. The lowest BCUT2D eigenvalue weighted by atomic mass is 10.3. The number of aromatic nitrogens is 3. The predicted octanol–water partition coefficient (Wildman–Crippen LogP) is 3.20. The highest BCUT2D eigenvalue weighted by Gasteiger charge is 2.19. The number of nitrogens with zero attached hydrogens (tertiary/aromatic N) is 3. The quantitative estimate of drug-likeness (QED) is 0.877. The summed E-state index contributed by atoms with van der Waals surface area (Å²) in [5.74, 6) is -0.0964. The Morgan fingerprint density at radius 2 is 2.19 bits per heavy atom. The van der Waals surface area contributed by atoms with E-state index in [1.165, 1.54) is 11.8 Å². The van der Waals surface area contributed by atoms with Crippen molar-refractivity contribution in [1.82, 2.24) is 14.8 Å².